The molecule has 0 bridgehead atoms. The van der Waals surface area contributed by atoms with E-state index in [0.717, 1.165) is 19.6 Å². The summed E-state index contributed by atoms with van der Waals surface area (Å²) in [6.07, 6.45) is 0. The van der Waals surface area contributed by atoms with Crippen molar-refractivity contribution in [2.24, 2.45) is 0 Å². The van der Waals surface area contributed by atoms with E-state index in [1.807, 2.05) is 0 Å². The molecule has 1 aromatic rings. The first kappa shape index (κ1) is 16.7. The summed E-state index contributed by atoms with van der Waals surface area (Å²) in [5.74, 6) is 0.186. The number of pyridine rings is 1. The van der Waals surface area contributed by atoms with Crippen LogP contribution in [0, 0.1) is 0 Å². The number of carbonyl (C=O) groups is 1. The smallest absolute Gasteiger partial charge is 0.270 e. The van der Waals surface area contributed by atoms with Crippen molar-refractivity contribution >= 4 is 24.1 Å². The Morgan fingerprint density at radius 3 is 2.61 bits per heavy atom. The molecule has 1 amide bonds. The third-order valence-corrected chi connectivity index (χ3v) is 2.61. The van der Waals surface area contributed by atoms with Gasteiger partial charge in [-0.05, 0) is 25.2 Å². The van der Waals surface area contributed by atoms with Gasteiger partial charge in [0.25, 0.3) is 5.91 Å². The summed E-state index contributed by atoms with van der Waals surface area (Å²) in [7, 11) is 0. The number of nitrogens with one attached hydrogen (secondary N) is 1. The molecular weight excluding hydrogens is 252 g/mol. The Balaban J connectivity index is 0.00000289. The van der Waals surface area contributed by atoms with Crippen LogP contribution >= 0.6 is 12.4 Å². The van der Waals surface area contributed by atoms with Crippen molar-refractivity contribution in [2.45, 2.75) is 13.8 Å². The molecule has 1 aromatic heterocycles. The zero-order valence-electron chi connectivity index (χ0n) is 10.8. The zero-order chi connectivity index (χ0) is 12.7. The highest BCUT2D eigenvalue weighted by atomic mass is 35.5. The van der Waals surface area contributed by atoms with Crippen molar-refractivity contribution in [1.29, 1.82) is 0 Å². The molecule has 1 heterocycles. The number of aromatic nitrogens is 1. The average molecular weight is 273 g/mol. The molecule has 0 saturated carbocycles. The molecular formula is C12H21ClN4O. The van der Waals surface area contributed by atoms with Crippen molar-refractivity contribution in [3.8, 4) is 0 Å². The number of nitrogens with two attached hydrogens (primary N) is 1. The molecule has 6 heteroatoms. The third kappa shape index (κ3) is 5.33. The number of rotatable bonds is 6. The minimum Gasteiger partial charge on any atom is -0.384 e. The highest BCUT2D eigenvalue weighted by Crippen LogP contribution is 1.99. The van der Waals surface area contributed by atoms with E-state index in [9.17, 15) is 4.79 Å². The van der Waals surface area contributed by atoms with Crippen LogP contribution in [-0.4, -0.2) is 42.0 Å². The predicted molar refractivity (Wildman–Crippen MR) is 76.0 cm³/mol. The lowest BCUT2D eigenvalue weighted by atomic mass is 10.3. The fourth-order valence-corrected chi connectivity index (χ4v) is 1.54. The van der Waals surface area contributed by atoms with Gasteiger partial charge < -0.3 is 16.0 Å². The van der Waals surface area contributed by atoms with Gasteiger partial charge in [0.2, 0.25) is 0 Å². The topological polar surface area (TPSA) is 71.2 Å². The molecule has 5 nitrogen and oxygen atoms in total. The van der Waals surface area contributed by atoms with Crippen LogP contribution in [0.2, 0.25) is 0 Å². The van der Waals surface area contributed by atoms with E-state index in [4.69, 9.17) is 5.73 Å². The molecule has 0 spiro atoms. The van der Waals surface area contributed by atoms with Gasteiger partial charge in [0, 0.05) is 13.1 Å². The van der Waals surface area contributed by atoms with E-state index in [-0.39, 0.29) is 18.3 Å². The number of likely N-dealkylation sites (N-methyl/N-ethyl adjacent to an activating group) is 1. The second-order valence-electron chi connectivity index (χ2n) is 3.73. The van der Waals surface area contributed by atoms with Crippen molar-refractivity contribution in [3.05, 3.63) is 23.9 Å². The van der Waals surface area contributed by atoms with Gasteiger partial charge in [-0.15, -0.1) is 12.4 Å². The normalized spacial score (nSPS) is 9.94. The Morgan fingerprint density at radius 2 is 2.06 bits per heavy atom. The maximum absolute atomic E-state index is 11.7. The van der Waals surface area contributed by atoms with Gasteiger partial charge in [0.1, 0.15) is 11.5 Å². The first-order valence-electron chi connectivity index (χ1n) is 5.90. The maximum Gasteiger partial charge on any atom is 0.270 e. The lowest BCUT2D eigenvalue weighted by Crippen LogP contribution is -2.35. The number of nitrogen functional groups attached to an aromatic ring is 1. The van der Waals surface area contributed by atoms with Crippen molar-refractivity contribution in [2.75, 3.05) is 31.9 Å². The lowest BCUT2D eigenvalue weighted by Gasteiger charge is -2.17. The summed E-state index contributed by atoms with van der Waals surface area (Å²) in [6.45, 7) is 7.65. The summed E-state index contributed by atoms with van der Waals surface area (Å²) >= 11 is 0. The first-order valence-corrected chi connectivity index (χ1v) is 5.90. The molecule has 0 aliphatic carbocycles. The SMILES string of the molecule is CCN(CC)CCNC(=O)c1cccc(N)n1.Cl. The standard InChI is InChI=1S/C12H20N4O.ClH/c1-3-16(4-2)9-8-14-12(17)10-6-5-7-11(13)15-10;/h5-7H,3-4,8-9H2,1-2H3,(H2,13,15)(H,14,17);1H. The highest BCUT2D eigenvalue weighted by Gasteiger charge is 2.07. The van der Waals surface area contributed by atoms with Gasteiger partial charge >= 0.3 is 0 Å². The van der Waals surface area contributed by atoms with Crippen LogP contribution in [-0.2, 0) is 0 Å². The van der Waals surface area contributed by atoms with Crippen LogP contribution in [0.5, 0.6) is 0 Å². The molecule has 0 aliphatic rings. The minimum atomic E-state index is -0.176. The number of nitrogens with zero attached hydrogens (tertiary/aromatic N) is 2. The Bertz CT molecular complexity index is 369. The third-order valence-electron chi connectivity index (χ3n) is 2.61. The van der Waals surface area contributed by atoms with Gasteiger partial charge in [-0.3, -0.25) is 4.79 Å². The maximum atomic E-state index is 11.7. The fraction of sp³-hybridized carbons (Fsp3) is 0.500. The van der Waals surface area contributed by atoms with Crippen LogP contribution in [0.25, 0.3) is 0 Å². The van der Waals surface area contributed by atoms with E-state index in [1.165, 1.54) is 0 Å². The molecule has 0 radical (unpaired) electrons. The Morgan fingerprint density at radius 1 is 1.39 bits per heavy atom. The first-order chi connectivity index (χ1) is 8.17. The number of anilines is 1. The molecule has 0 aromatic carbocycles. The second-order valence-corrected chi connectivity index (χ2v) is 3.73. The molecule has 0 aliphatic heterocycles. The van der Waals surface area contributed by atoms with E-state index in [0.29, 0.717) is 18.1 Å². The van der Waals surface area contributed by atoms with E-state index >= 15 is 0 Å². The highest BCUT2D eigenvalue weighted by molar-refractivity contribution is 5.92. The van der Waals surface area contributed by atoms with Gasteiger partial charge in [-0.1, -0.05) is 19.9 Å². The summed E-state index contributed by atoms with van der Waals surface area (Å²) in [6, 6.07) is 5.04. The Kier molecular flexibility index (Phi) is 8.07. The van der Waals surface area contributed by atoms with Crippen LogP contribution < -0.4 is 11.1 Å². The van der Waals surface area contributed by atoms with Crippen molar-refractivity contribution < 1.29 is 4.79 Å². The van der Waals surface area contributed by atoms with Gasteiger partial charge in [-0.25, -0.2) is 4.98 Å². The summed E-state index contributed by atoms with van der Waals surface area (Å²) in [4.78, 5) is 17.9. The zero-order valence-corrected chi connectivity index (χ0v) is 11.7. The molecule has 0 saturated heterocycles. The predicted octanol–water partition coefficient (Wildman–Crippen LogP) is 1.16. The molecule has 0 fully saturated rings. The molecule has 18 heavy (non-hydrogen) atoms. The number of hydrogen-bond acceptors (Lipinski definition) is 4. The minimum absolute atomic E-state index is 0. The van der Waals surface area contributed by atoms with Crippen LogP contribution in [0.15, 0.2) is 18.2 Å². The summed E-state index contributed by atoms with van der Waals surface area (Å²) < 4.78 is 0. The molecule has 3 N–H and O–H groups in total. The van der Waals surface area contributed by atoms with E-state index in [2.05, 4.69) is 29.0 Å². The van der Waals surface area contributed by atoms with Gasteiger partial charge in [0.05, 0.1) is 0 Å². The van der Waals surface area contributed by atoms with Crippen molar-refractivity contribution in [3.63, 3.8) is 0 Å². The van der Waals surface area contributed by atoms with Crippen LogP contribution in [0.1, 0.15) is 24.3 Å². The summed E-state index contributed by atoms with van der Waals surface area (Å²) in [5.41, 5.74) is 5.88. The lowest BCUT2D eigenvalue weighted by molar-refractivity contribution is 0.0944. The van der Waals surface area contributed by atoms with E-state index < -0.39 is 0 Å². The number of hydrogen-bond donors (Lipinski definition) is 2. The Labute approximate surface area is 114 Å². The average Bonchev–Trinajstić information content (AvgIpc) is 2.34. The van der Waals surface area contributed by atoms with Crippen LogP contribution in [0.4, 0.5) is 5.82 Å². The number of carbonyl (C=O) groups excluding carboxylic acids is 1. The monoisotopic (exact) mass is 272 g/mol. The molecule has 0 atom stereocenters. The van der Waals surface area contributed by atoms with Crippen LogP contribution in [0.3, 0.4) is 0 Å². The largest absolute Gasteiger partial charge is 0.384 e. The van der Waals surface area contributed by atoms with Gasteiger partial charge in [0.15, 0.2) is 0 Å². The fourth-order valence-electron chi connectivity index (χ4n) is 1.54. The molecule has 102 valence electrons. The van der Waals surface area contributed by atoms with Crippen molar-refractivity contribution in [1.82, 2.24) is 15.2 Å². The number of amides is 1. The molecule has 0 unspecified atom stereocenters. The summed E-state index contributed by atoms with van der Waals surface area (Å²) in [5, 5.41) is 2.83. The number of halogens is 1. The van der Waals surface area contributed by atoms with E-state index in [1.54, 1.807) is 18.2 Å². The Hall–Kier alpha value is -1.33. The molecule has 1 rings (SSSR count). The second kappa shape index (κ2) is 8.72. The van der Waals surface area contributed by atoms with Gasteiger partial charge in [-0.2, -0.15) is 0 Å². The quantitative estimate of drug-likeness (QED) is 0.815.